The van der Waals surface area contributed by atoms with Crippen molar-refractivity contribution in [2.45, 2.75) is 17.7 Å². The van der Waals surface area contributed by atoms with Crippen LogP contribution in [0.25, 0.3) is 0 Å². The largest absolute Gasteiger partial charge is 0.482 e. The van der Waals surface area contributed by atoms with Gasteiger partial charge in [-0.3, -0.25) is 9.59 Å². The molecular weight excluding hydrogens is 382 g/mol. The summed E-state index contributed by atoms with van der Waals surface area (Å²) in [6, 6.07) is 13.4. The molecule has 2 aromatic rings. The summed E-state index contributed by atoms with van der Waals surface area (Å²) in [7, 11) is -3.71. The van der Waals surface area contributed by atoms with Gasteiger partial charge in [0.2, 0.25) is 15.9 Å². The molecule has 0 bridgehead atoms. The standard InChI is InChI=1S/C19H21N3O5S/c20-28(25,26)15-7-5-14(6-8-15)9-11-21-18(23)10-12-22-16-3-1-2-4-17(16)27-13-19(22)24/h1-8H,9-13H2,(H,21,23)(H2,20,25,26). The molecule has 0 aromatic heterocycles. The average Bonchev–Trinajstić information content (AvgIpc) is 2.67. The number of nitrogens with zero attached hydrogens (tertiary/aromatic N) is 1. The number of amides is 2. The number of hydrogen-bond acceptors (Lipinski definition) is 5. The number of rotatable bonds is 7. The van der Waals surface area contributed by atoms with Crippen molar-refractivity contribution >= 4 is 27.5 Å². The summed E-state index contributed by atoms with van der Waals surface area (Å²) in [5, 5.41) is 7.86. The van der Waals surface area contributed by atoms with Crippen molar-refractivity contribution in [1.29, 1.82) is 0 Å². The first-order valence-corrected chi connectivity index (χ1v) is 10.3. The van der Waals surface area contributed by atoms with E-state index in [9.17, 15) is 18.0 Å². The van der Waals surface area contributed by atoms with E-state index in [4.69, 9.17) is 9.88 Å². The van der Waals surface area contributed by atoms with Crippen LogP contribution in [0.2, 0.25) is 0 Å². The number of fused-ring (bicyclic) bond motifs is 1. The molecule has 3 N–H and O–H groups in total. The summed E-state index contributed by atoms with van der Waals surface area (Å²) in [4.78, 5) is 25.8. The summed E-state index contributed by atoms with van der Waals surface area (Å²) < 4.78 is 27.8. The van der Waals surface area contributed by atoms with E-state index in [0.717, 1.165) is 5.56 Å². The fourth-order valence-electron chi connectivity index (χ4n) is 2.89. The second-order valence-corrected chi connectivity index (χ2v) is 7.90. The predicted octanol–water partition coefficient (Wildman–Crippen LogP) is 0.808. The van der Waals surface area contributed by atoms with Crippen LogP contribution in [-0.4, -0.2) is 39.9 Å². The highest BCUT2D eigenvalue weighted by Crippen LogP contribution is 2.31. The van der Waals surface area contributed by atoms with Gasteiger partial charge in [0.25, 0.3) is 5.91 Å². The maximum atomic E-state index is 12.1. The Balaban J connectivity index is 1.47. The Morgan fingerprint density at radius 1 is 1.14 bits per heavy atom. The van der Waals surface area contributed by atoms with Crippen LogP contribution in [0.5, 0.6) is 5.75 Å². The van der Waals surface area contributed by atoms with Crippen LogP contribution in [0, 0.1) is 0 Å². The summed E-state index contributed by atoms with van der Waals surface area (Å²) in [6.07, 6.45) is 0.723. The van der Waals surface area contributed by atoms with Crippen molar-refractivity contribution in [2.24, 2.45) is 5.14 Å². The summed E-state index contributed by atoms with van der Waals surface area (Å²) in [5.74, 6) is 0.282. The minimum atomic E-state index is -3.71. The molecule has 8 nitrogen and oxygen atoms in total. The molecule has 2 aromatic carbocycles. The third-order valence-corrected chi connectivity index (χ3v) is 5.29. The number of nitrogens with two attached hydrogens (primary N) is 1. The highest BCUT2D eigenvalue weighted by molar-refractivity contribution is 7.89. The molecule has 0 saturated carbocycles. The Morgan fingerprint density at radius 2 is 1.86 bits per heavy atom. The quantitative estimate of drug-likeness (QED) is 0.709. The SMILES string of the molecule is NS(=O)(=O)c1ccc(CCNC(=O)CCN2C(=O)COc3ccccc32)cc1. The zero-order valence-electron chi connectivity index (χ0n) is 15.1. The first-order chi connectivity index (χ1) is 13.3. The second-order valence-electron chi connectivity index (χ2n) is 6.34. The van der Waals surface area contributed by atoms with E-state index in [1.807, 2.05) is 12.1 Å². The summed E-state index contributed by atoms with van der Waals surface area (Å²) in [6.45, 7) is 0.641. The van der Waals surface area contributed by atoms with Crippen molar-refractivity contribution in [3.8, 4) is 5.75 Å². The van der Waals surface area contributed by atoms with Gasteiger partial charge in [0.05, 0.1) is 10.6 Å². The van der Waals surface area contributed by atoms with Gasteiger partial charge in [-0.1, -0.05) is 24.3 Å². The normalized spacial score (nSPS) is 13.6. The van der Waals surface area contributed by atoms with Gasteiger partial charge in [-0.05, 0) is 36.2 Å². The summed E-state index contributed by atoms with van der Waals surface area (Å²) in [5.41, 5.74) is 1.55. The van der Waals surface area contributed by atoms with Crippen LogP contribution in [0.4, 0.5) is 5.69 Å². The Hall–Kier alpha value is -2.91. The maximum Gasteiger partial charge on any atom is 0.265 e. The number of nitrogens with one attached hydrogen (secondary N) is 1. The lowest BCUT2D eigenvalue weighted by molar-refractivity contribution is -0.122. The molecule has 1 aliphatic rings. The van der Waals surface area contributed by atoms with E-state index in [2.05, 4.69) is 5.32 Å². The predicted molar refractivity (Wildman–Crippen MR) is 103 cm³/mol. The molecule has 1 heterocycles. The molecule has 0 atom stereocenters. The zero-order valence-corrected chi connectivity index (χ0v) is 15.9. The van der Waals surface area contributed by atoms with E-state index < -0.39 is 10.0 Å². The lowest BCUT2D eigenvalue weighted by Gasteiger charge is -2.29. The van der Waals surface area contributed by atoms with E-state index in [1.54, 1.807) is 29.2 Å². The van der Waals surface area contributed by atoms with Gasteiger partial charge in [0.15, 0.2) is 6.61 Å². The van der Waals surface area contributed by atoms with Gasteiger partial charge in [-0.2, -0.15) is 0 Å². The van der Waals surface area contributed by atoms with Crippen molar-refractivity contribution in [2.75, 3.05) is 24.6 Å². The molecule has 9 heteroatoms. The Kier molecular flexibility index (Phi) is 5.96. The van der Waals surface area contributed by atoms with Gasteiger partial charge in [0, 0.05) is 19.5 Å². The van der Waals surface area contributed by atoms with Crippen molar-refractivity contribution in [3.05, 3.63) is 54.1 Å². The number of benzene rings is 2. The van der Waals surface area contributed by atoms with Gasteiger partial charge < -0.3 is 15.0 Å². The number of para-hydroxylation sites is 2. The molecule has 0 radical (unpaired) electrons. The second kappa shape index (κ2) is 8.41. The first-order valence-electron chi connectivity index (χ1n) is 8.75. The number of primary sulfonamides is 1. The lowest BCUT2D eigenvalue weighted by atomic mass is 10.1. The number of ether oxygens (including phenoxy) is 1. The molecule has 0 spiro atoms. The fraction of sp³-hybridized carbons (Fsp3) is 0.263. The van der Waals surface area contributed by atoms with Crippen LogP contribution in [0.15, 0.2) is 53.4 Å². The number of anilines is 1. The fourth-order valence-corrected chi connectivity index (χ4v) is 3.41. The van der Waals surface area contributed by atoms with Gasteiger partial charge in [-0.15, -0.1) is 0 Å². The van der Waals surface area contributed by atoms with Crippen molar-refractivity contribution in [3.63, 3.8) is 0 Å². The monoisotopic (exact) mass is 403 g/mol. The van der Waals surface area contributed by atoms with Crippen molar-refractivity contribution < 1.29 is 22.7 Å². The molecule has 0 unspecified atom stereocenters. The number of hydrogen-bond donors (Lipinski definition) is 2. The van der Waals surface area contributed by atoms with Crippen LogP contribution >= 0.6 is 0 Å². The molecule has 0 saturated heterocycles. The Morgan fingerprint density at radius 3 is 2.57 bits per heavy atom. The first kappa shape index (κ1) is 19.8. The molecule has 0 fully saturated rings. The topological polar surface area (TPSA) is 119 Å². The van der Waals surface area contributed by atoms with Gasteiger partial charge in [0.1, 0.15) is 5.75 Å². The van der Waals surface area contributed by atoms with Crippen LogP contribution in [0.3, 0.4) is 0 Å². The third kappa shape index (κ3) is 4.87. The molecule has 148 valence electrons. The van der Waals surface area contributed by atoms with Crippen molar-refractivity contribution in [1.82, 2.24) is 5.32 Å². The molecule has 28 heavy (non-hydrogen) atoms. The minimum Gasteiger partial charge on any atom is -0.482 e. The maximum absolute atomic E-state index is 12.1. The Labute approximate surface area is 163 Å². The van der Waals surface area contributed by atoms with Gasteiger partial charge >= 0.3 is 0 Å². The number of carbonyl (C=O) groups excluding carboxylic acids is 2. The van der Waals surface area contributed by atoms with E-state index in [-0.39, 0.29) is 36.3 Å². The highest BCUT2D eigenvalue weighted by Gasteiger charge is 2.25. The zero-order chi connectivity index (χ0) is 20.1. The Bertz CT molecular complexity index is 973. The summed E-state index contributed by atoms with van der Waals surface area (Å²) >= 11 is 0. The molecule has 1 aliphatic heterocycles. The average molecular weight is 403 g/mol. The van der Waals surface area contributed by atoms with Gasteiger partial charge in [-0.25, -0.2) is 13.6 Å². The molecule has 0 aliphatic carbocycles. The van der Waals surface area contributed by atoms with E-state index in [1.165, 1.54) is 12.1 Å². The smallest absolute Gasteiger partial charge is 0.265 e. The number of sulfonamides is 1. The van der Waals surface area contributed by atoms with Crippen LogP contribution in [-0.2, 0) is 26.0 Å². The highest BCUT2D eigenvalue weighted by atomic mass is 32.2. The van der Waals surface area contributed by atoms with Crippen LogP contribution in [0.1, 0.15) is 12.0 Å². The third-order valence-electron chi connectivity index (χ3n) is 4.36. The molecule has 3 rings (SSSR count). The van der Waals surface area contributed by atoms with E-state index in [0.29, 0.717) is 24.4 Å². The number of carbonyl (C=O) groups is 2. The molecule has 2 amide bonds. The minimum absolute atomic E-state index is 0.0346. The lowest BCUT2D eigenvalue weighted by Crippen LogP contribution is -2.41. The van der Waals surface area contributed by atoms with Crippen LogP contribution < -0.4 is 20.1 Å². The van der Waals surface area contributed by atoms with E-state index >= 15 is 0 Å². The molecular formula is C19H21N3O5S.